The summed E-state index contributed by atoms with van der Waals surface area (Å²) in [6, 6.07) is 0. The van der Waals surface area contributed by atoms with Crippen LogP contribution in [-0.2, 0) is 4.74 Å². The molecule has 32 heavy (non-hydrogen) atoms. The molecule has 0 aromatic heterocycles. The van der Waals surface area contributed by atoms with Crippen molar-refractivity contribution in [1.29, 1.82) is 5.41 Å². The molecule has 1 saturated carbocycles. The molecule has 1 heterocycles. The highest BCUT2D eigenvalue weighted by molar-refractivity contribution is 5.98. The zero-order valence-corrected chi connectivity index (χ0v) is 20.4. The summed E-state index contributed by atoms with van der Waals surface area (Å²) in [5.74, 6) is 1.41. The van der Waals surface area contributed by atoms with E-state index in [2.05, 4.69) is 24.4 Å². The first-order chi connectivity index (χ1) is 15.2. The Labute approximate surface area is 194 Å². The standard InChI is InChI=1S/C28H43FN2O/c1-20-17-26(30)23(11-10-21-7-4-9-24(18-21)32-27(2,3)29)19-25(20)22-8-5-13-28(15-12-22)14-6-16-31-28/h4,7,9,19-22,25,30-31H,5-6,8,10-18H2,1-3H3. The number of ether oxygens (including phenoxy) is 1. The second-order valence-corrected chi connectivity index (χ2v) is 11.4. The van der Waals surface area contributed by atoms with E-state index < -0.39 is 5.85 Å². The average molecular weight is 443 g/mol. The molecule has 0 aromatic carbocycles. The molecule has 2 N–H and O–H groups in total. The Kier molecular flexibility index (Phi) is 7.29. The van der Waals surface area contributed by atoms with Gasteiger partial charge in [-0.2, -0.15) is 4.39 Å². The van der Waals surface area contributed by atoms with Crippen LogP contribution in [-0.4, -0.2) is 23.7 Å². The molecule has 3 aliphatic carbocycles. The topological polar surface area (TPSA) is 45.1 Å². The van der Waals surface area contributed by atoms with Crippen LogP contribution < -0.4 is 5.32 Å². The predicted molar refractivity (Wildman–Crippen MR) is 130 cm³/mol. The zero-order valence-electron chi connectivity index (χ0n) is 20.4. The van der Waals surface area contributed by atoms with E-state index in [-0.39, 0.29) is 0 Å². The van der Waals surface area contributed by atoms with Crippen LogP contribution in [0.5, 0.6) is 0 Å². The molecule has 0 aromatic rings. The van der Waals surface area contributed by atoms with Gasteiger partial charge < -0.3 is 15.5 Å². The average Bonchev–Trinajstić information content (AvgIpc) is 3.08. The lowest BCUT2D eigenvalue weighted by atomic mass is 9.71. The van der Waals surface area contributed by atoms with E-state index in [4.69, 9.17) is 10.1 Å². The van der Waals surface area contributed by atoms with Crippen LogP contribution in [0.3, 0.4) is 0 Å². The van der Waals surface area contributed by atoms with E-state index in [0.717, 1.165) is 43.1 Å². The van der Waals surface area contributed by atoms with Crippen LogP contribution in [0.4, 0.5) is 4.39 Å². The first kappa shape index (κ1) is 23.7. The Morgan fingerprint density at radius 2 is 2.00 bits per heavy atom. The number of nitrogens with one attached hydrogen (secondary N) is 2. The number of halogens is 1. The fourth-order valence-corrected chi connectivity index (χ4v) is 6.68. The molecule has 1 aliphatic heterocycles. The summed E-state index contributed by atoms with van der Waals surface area (Å²) in [6.45, 7) is 6.47. The van der Waals surface area contributed by atoms with Crippen LogP contribution in [0.2, 0.25) is 0 Å². The number of rotatable bonds is 6. The predicted octanol–water partition coefficient (Wildman–Crippen LogP) is 7.25. The van der Waals surface area contributed by atoms with Crippen molar-refractivity contribution < 1.29 is 9.13 Å². The first-order valence-corrected chi connectivity index (χ1v) is 13.0. The Morgan fingerprint density at radius 3 is 2.75 bits per heavy atom. The van der Waals surface area contributed by atoms with E-state index in [0.29, 0.717) is 23.3 Å². The molecule has 5 unspecified atom stereocenters. The van der Waals surface area contributed by atoms with E-state index in [1.165, 1.54) is 70.9 Å². The maximum atomic E-state index is 13.9. The third-order valence-electron chi connectivity index (χ3n) is 8.35. The van der Waals surface area contributed by atoms with Crippen LogP contribution in [0.15, 0.2) is 35.6 Å². The molecule has 1 saturated heterocycles. The quantitative estimate of drug-likeness (QED) is 0.455. The van der Waals surface area contributed by atoms with Crippen molar-refractivity contribution in [3.05, 3.63) is 35.6 Å². The summed E-state index contributed by atoms with van der Waals surface area (Å²) in [5.41, 5.74) is 2.54. The number of hydrogen-bond acceptors (Lipinski definition) is 3. The normalized spacial score (nSPS) is 36.1. The maximum absolute atomic E-state index is 13.9. The highest BCUT2D eigenvalue weighted by Crippen LogP contribution is 2.43. The van der Waals surface area contributed by atoms with Crippen LogP contribution in [0.1, 0.15) is 91.4 Å². The molecule has 0 radical (unpaired) electrons. The second-order valence-electron chi connectivity index (χ2n) is 11.4. The fourth-order valence-electron chi connectivity index (χ4n) is 6.68. The van der Waals surface area contributed by atoms with Gasteiger partial charge in [-0.15, -0.1) is 0 Å². The van der Waals surface area contributed by atoms with E-state index in [9.17, 15) is 4.39 Å². The van der Waals surface area contributed by atoms with Crippen molar-refractivity contribution in [3.63, 3.8) is 0 Å². The molecular formula is C28H43FN2O. The minimum atomic E-state index is -1.63. The van der Waals surface area contributed by atoms with Crippen molar-refractivity contribution in [3.8, 4) is 0 Å². The van der Waals surface area contributed by atoms with Gasteiger partial charge in [-0.25, -0.2) is 0 Å². The van der Waals surface area contributed by atoms with E-state index >= 15 is 0 Å². The molecular weight excluding hydrogens is 399 g/mol. The van der Waals surface area contributed by atoms with Gasteiger partial charge in [0.05, 0.1) is 0 Å². The summed E-state index contributed by atoms with van der Waals surface area (Å²) in [6.07, 6.45) is 21.6. The third-order valence-corrected chi connectivity index (χ3v) is 8.35. The van der Waals surface area contributed by atoms with Gasteiger partial charge in [0, 0.05) is 31.5 Å². The minimum absolute atomic E-state index is 0.357. The Morgan fingerprint density at radius 1 is 1.19 bits per heavy atom. The first-order valence-electron chi connectivity index (χ1n) is 13.0. The monoisotopic (exact) mass is 442 g/mol. The Bertz CT molecular complexity index is 769. The number of hydrogen-bond donors (Lipinski definition) is 2. The van der Waals surface area contributed by atoms with Crippen molar-refractivity contribution in [2.75, 3.05) is 6.54 Å². The van der Waals surface area contributed by atoms with Crippen molar-refractivity contribution in [2.45, 2.75) is 103 Å². The van der Waals surface area contributed by atoms with E-state index in [1.807, 2.05) is 12.2 Å². The molecule has 0 bridgehead atoms. The Hall–Kier alpha value is -1.42. The van der Waals surface area contributed by atoms with E-state index in [1.54, 1.807) is 0 Å². The van der Waals surface area contributed by atoms with Crippen molar-refractivity contribution >= 4 is 5.71 Å². The van der Waals surface area contributed by atoms with Gasteiger partial charge in [0.1, 0.15) is 5.76 Å². The van der Waals surface area contributed by atoms with Gasteiger partial charge in [-0.1, -0.05) is 31.6 Å². The van der Waals surface area contributed by atoms with Crippen LogP contribution >= 0.6 is 0 Å². The van der Waals surface area contributed by atoms with Crippen molar-refractivity contribution in [1.82, 2.24) is 5.32 Å². The highest BCUT2D eigenvalue weighted by Gasteiger charge is 2.38. The lowest BCUT2D eigenvalue weighted by molar-refractivity contribution is -0.0832. The van der Waals surface area contributed by atoms with Gasteiger partial charge in [-0.05, 0) is 99.7 Å². The van der Waals surface area contributed by atoms with Gasteiger partial charge in [-0.3, -0.25) is 0 Å². The maximum Gasteiger partial charge on any atom is 0.242 e. The molecule has 178 valence electrons. The van der Waals surface area contributed by atoms with Crippen LogP contribution in [0.25, 0.3) is 0 Å². The Balaban J connectivity index is 1.36. The largest absolute Gasteiger partial charge is 0.463 e. The molecule has 3 nitrogen and oxygen atoms in total. The molecule has 2 fully saturated rings. The second kappa shape index (κ2) is 9.83. The molecule has 1 spiro atoms. The molecule has 5 atom stereocenters. The van der Waals surface area contributed by atoms with Gasteiger partial charge in [0.15, 0.2) is 0 Å². The summed E-state index contributed by atoms with van der Waals surface area (Å²) in [7, 11) is 0. The van der Waals surface area contributed by atoms with Gasteiger partial charge >= 0.3 is 0 Å². The lowest BCUT2D eigenvalue weighted by Gasteiger charge is -2.35. The molecule has 4 aliphatic rings. The zero-order chi connectivity index (χ0) is 22.8. The minimum Gasteiger partial charge on any atom is -0.463 e. The molecule has 4 heteroatoms. The van der Waals surface area contributed by atoms with Crippen molar-refractivity contribution in [2.24, 2.45) is 23.7 Å². The third kappa shape index (κ3) is 5.92. The highest BCUT2D eigenvalue weighted by atomic mass is 19.2. The summed E-state index contributed by atoms with van der Waals surface area (Å²) < 4.78 is 19.3. The van der Waals surface area contributed by atoms with Gasteiger partial charge in [0.2, 0.25) is 5.85 Å². The van der Waals surface area contributed by atoms with Crippen LogP contribution in [0, 0.1) is 29.1 Å². The fraction of sp³-hybridized carbons (Fsp3) is 0.750. The summed E-state index contributed by atoms with van der Waals surface area (Å²) in [5, 5.41) is 12.5. The number of allylic oxidation sites excluding steroid dienone is 6. The van der Waals surface area contributed by atoms with Gasteiger partial charge in [0.25, 0.3) is 0 Å². The molecule has 0 amide bonds. The lowest BCUT2D eigenvalue weighted by Crippen LogP contribution is -2.39. The summed E-state index contributed by atoms with van der Waals surface area (Å²) in [4.78, 5) is 0. The SMILES string of the molecule is CC1CC(=N)C(CCC2C=CC=C(OC(C)(C)F)C2)=CC1C1CCCC2(CCCN2)CC1. The molecule has 4 rings (SSSR count). The summed E-state index contributed by atoms with van der Waals surface area (Å²) >= 11 is 0. The number of alkyl halides is 1. The smallest absolute Gasteiger partial charge is 0.242 e.